The fourth-order valence-corrected chi connectivity index (χ4v) is 3.46. The average molecular weight is 337 g/mol. The van der Waals surface area contributed by atoms with Crippen LogP contribution in [0, 0.1) is 11.7 Å². The SMILES string of the molecule is COCN(C)[C@H]1CCCC(Cc2ccc(F)cc2)CC(C)OC1=O. The Hall–Kier alpha value is -1.46. The van der Waals surface area contributed by atoms with E-state index in [4.69, 9.17) is 9.47 Å². The fourth-order valence-electron chi connectivity index (χ4n) is 3.46. The molecule has 1 aliphatic heterocycles. The fraction of sp³-hybridized carbons (Fsp3) is 0.632. The van der Waals surface area contributed by atoms with Crippen molar-refractivity contribution in [2.75, 3.05) is 20.9 Å². The smallest absolute Gasteiger partial charge is 0.323 e. The number of likely N-dealkylation sites (N-methyl/N-ethyl adjacent to an activating group) is 1. The molecular weight excluding hydrogens is 309 g/mol. The molecule has 0 N–H and O–H groups in total. The summed E-state index contributed by atoms with van der Waals surface area (Å²) in [5.74, 6) is 0.0637. The molecule has 1 saturated heterocycles. The Bertz CT molecular complexity index is 520. The molecule has 0 spiro atoms. The summed E-state index contributed by atoms with van der Waals surface area (Å²) in [6.07, 6.45) is 4.39. The number of carbonyl (C=O) groups is 1. The van der Waals surface area contributed by atoms with Gasteiger partial charge < -0.3 is 9.47 Å². The van der Waals surface area contributed by atoms with Crippen LogP contribution in [0.25, 0.3) is 0 Å². The van der Waals surface area contributed by atoms with Crippen molar-refractivity contribution in [3.63, 3.8) is 0 Å². The molecule has 1 aliphatic rings. The van der Waals surface area contributed by atoms with Crippen LogP contribution < -0.4 is 0 Å². The van der Waals surface area contributed by atoms with Crippen LogP contribution in [0.3, 0.4) is 0 Å². The van der Waals surface area contributed by atoms with Gasteiger partial charge in [-0.05, 0) is 63.3 Å². The minimum absolute atomic E-state index is 0.112. The van der Waals surface area contributed by atoms with E-state index in [0.717, 1.165) is 37.7 Å². The highest BCUT2D eigenvalue weighted by molar-refractivity contribution is 5.75. The van der Waals surface area contributed by atoms with Crippen LogP contribution in [0.15, 0.2) is 24.3 Å². The summed E-state index contributed by atoms with van der Waals surface area (Å²) in [6.45, 7) is 2.36. The Balaban J connectivity index is 2.00. The molecular formula is C19H28FNO3. The average Bonchev–Trinajstić information content (AvgIpc) is 2.59. The minimum atomic E-state index is -0.253. The summed E-state index contributed by atoms with van der Waals surface area (Å²) < 4.78 is 23.8. The van der Waals surface area contributed by atoms with Crippen molar-refractivity contribution < 1.29 is 18.7 Å². The maximum Gasteiger partial charge on any atom is 0.323 e. The molecule has 1 aromatic rings. The predicted octanol–water partition coefficient (Wildman–Crippen LogP) is 3.39. The van der Waals surface area contributed by atoms with Gasteiger partial charge >= 0.3 is 5.97 Å². The van der Waals surface area contributed by atoms with E-state index in [-0.39, 0.29) is 23.9 Å². The molecule has 5 heteroatoms. The molecule has 0 radical (unpaired) electrons. The molecule has 2 unspecified atom stereocenters. The van der Waals surface area contributed by atoms with Gasteiger partial charge in [0.15, 0.2) is 0 Å². The molecule has 0 bridgehead atoms. The number of rotatable bonds is 5. The van der Waals surface area contributed by atoms with Crippen LogP contribution in [0.2, 0.25) is 0 Å². The van der Waals surface area contributed by atoms with Gasteiger partial charge in [-0.15, -0.1) is 0 Å². The van der Waals surface area contributed by atoms with Crippen LogP contribution in [0.4, 0.5) is 4.39 Å². The first-order valence-corrected chi connectivity index (χ1v) is 8.63. The van der Waals surface area contributed by atoms with Gasteiger partial charge in [-0.3, -0.25) is 9.69 Å². The number of benzene rings is 1. The van der Waals surface area contributed by atoms with Crippen LogP contribution in [0.5, 0.6) is 0 Å². The molecule has 134 valence electrons. The summed E-state index contributed by atoms with van der Waals surface area (Å²) in [7, 11) is 3.51. The lowest BCUT2D eigenvalue weighted by atomic mass is 9.89. The van der Waals surface area contributed by atoms with Gasteiger partial charge in [-0.2, -0.15) is 0 Å². The number of nitrogens with zero attached hydrogens (tertiary/aromatic N) is 1. The summed E-state index contributed by atoms with van der Waals surface area (Å²) >= 11 is 0. The van der Waals surface area contributed by atoms with Crippen molar-refractivity contribution in [1.29, 1.82) is 0 Å². The van der Waals surface area contributed by atoms with Crippen molar-refractivity contribution in [1.82, 2.24) is 4.90 Å². The van der Waals surface area contributed by atoms with E-state index in [1.165, 1.54) is 12.1 Å². The molecule has 0 aliphatic carbocycles. The molecule has 0 aromatic heterocycles. The number of ether oxygens (including phenoxy) is 2. The number of halogens is 1. The quantitative estimate of drug-likeness (QED) is 0.610. The second-order valence-electron chi connectivity index (χ2n) is 6.80. The summed E-state index contributed by atoms with van der Waals surface area (Å²) in [4.78, 5) is 14.3. The molecule has 0 saturated carbocycles. The normalized spacial score (nSPS) is 25.7. The number of carbonyl (C=O) groups excluding carboxylic acids is 1. The maximum atomic E-state index is 13.1. The largest absolute Gasteiger partial charge is 0.461 e. The number of hydrogen-bond donors (Lipinski definition) is 0. The van der Waals surface area contributed by atoms with Crippen molar-refractivity contribution >= 4 is 5.97 Å². The zero-order valence-electron chi connectivity index (χ0n) is 14.8. The highest BCUT2D eigenvalue weighted by Crippen LogP contribution is 2.25. The topological polar surface area (TPSA) is 38.8 Å². The van der Waals surface area contributed by atoms with Crippen LogP contribution in [0.1, 0.15) is 38.2 Å². The Labute approximate surface area is 143 Å². The van der Waals surface area contributed by atoms with Gasteiger partial charge in [0, 0.05) is 7.11 Å². The lowest BCUT2D eigenvalue weighted by Gasteiger charge is -2.26. The van der Waals surface area contributed by atoms with Crippen molar-refractivity contribution in [2.45, 2.75) is 51.2 Å². The molecule has 1 fully saturated rings. The number of esters is 1. The first-order valence-electron chi connectivity index (χ1n) is 8.63. The summed E-state index contributed by atoms with van der Waals surface area (Å²) in [5.41, 5.74) is 1.13. The van der Waals surface area contributed by atoms with E-state index in [0.29, 0.717) is 12.6 Å². The summed E-state index contributed by atoms with van der Waals surface area (Å²) in [5, 5.41) is 0. The van der Waals surface area contributed by atoms with E-state index >= 15 is 0 Å². The molecule has 3 atom stereocenters. The number of hydrogen-bond acceptors (Lipinski definition) is 4. The van der Waals surface area contributed by atoms with Crippen LogP contribution in [-0.4, -0.2) is 43.9 Å². The molecule has 4 nitrogen and oxygen atoms in total. The van der Waals surface area contributed by atoms with E-state index in [9.17, 15) is 9.18 Å². The van der Waals surface area contributed by atoms with Crippen LogP contribution >= 0.6 is 0 Å². The van der Waals surface area contributed by atoms with Gasteiger partial charge in [0.25, 0.3) is 0 Å². The minimum Gasteiger partial charge on any atom is -0.461 e. The zero-order valence-corrected chi connectivity index (χ0v) is 14.8. The van der Waals surface area contributed by atoms with Gasteiger partial charge in [0.05, 0.1) is 12.8 Å². The maximum absolute atomic E-state index is 13.1. The van der Waals surface area contributed by atoms with Gasteiger partial charge in [-0.1, -0.05) is 18.6 Å². The van der Waals surface area contributed by atoms with E-state index in [2.05, 4.69) is 0 Å². The van der Waals surface area contributed by atoms with Crippen LogP contribution in [-0.2, 0) is 20.7 Å². The van der Waals surface area contributed by atoms with Crippen molar-refractivity contribution in [2.24, 2.45) is 5.92 Å². The molecule has 1 heterocycles. The first kappa shape index (κ1) is 18.9. The number of methoxy groups -OCH3 is 1. The molecule has 1 aromatic carbocycles. The van der Waals surface area contributed by atoms with Gasteiger partial charge in [0.1, 0.15) is 11.9 Å². The molecule has 0 amide bonds. The highest BCUT2D eigenvalue weighted by Gasteiger charge is 2.29. The van der Waals surface area contributed by atoms with E-state index < -0.39 is 0 Å². The van der Waals surface area contributed by atoms with Gasteiger partial charge in [-0.25, -0.2) is 4.39 Å². The predicted molar refractivity (Wildman–Crippen MR) is 91.0 cm³/mol. The second kappa shape index (κ2) is 9.14. The Kier molecular flexibility index (Phi) is 7.18. The Morgan fingerprint density at radius 1 is 1.29 bits per heavy atom. The standard InChI is InChI=1S/C19H28FNO3/c1-14-11-16(12-15-7-9-17(20)10-8-15)5-4-6-18(19(22)24-14)21(2)13-23-3/h7-10,14,16,18H,4-6,11-13H2,1-3H3/t14?,16?,18-/m0/s1. The molecule has 24 heavy (non-hydrogen) atoms. The van der Waals surface area contributed by atoms with Crippen molar-refractivity contribution in [3.8, 4) is 0 Å². The zero-order chi connectivity index (χ0) is 17.5. The lowest BCUT2D eigenvalue weighted by Crippen LogP contribution is -2.41. The third kappa shape index (κ3) is 5.56. The van der Waals surface area contributed by atoms with E-state index in [1.807, 2.05) is 31.0 Å². The third-order valence-corrected chi connectivity index (χ3v) is 4.65. The molecule has 2 rings (SSSR count). The highest BCUT2D eigenvalue weighted by atomic mass is 19.1. The monoisotopic (exact) mass is 337 g/mol. The van der Waals surface area contributed by atoms with Crippen molar-refractivity contribution in [3.05, 3.63) is 35.6 Å². The Morgan fingerprint density at radius 3 is 2.67 bits per heavy atom. The summed E-state index contributed by atoms with van der Waals surface area (Å²) in [6, 6.07) is 6.44. The van der Waals surface area contributed by atoms with E-state index in [1.54, 1.807) is 7.11 Å². The second-order valence-corrected chi connectivity index (χ2v) is 6.80. The first-order chi connectivity index (χ1) is 11.5. The Morgan fingerprint density at radius 2 is 2.00 bits per heavy atom. The number of cyclic esters (lactones) is 1. The lowest BCUT2D eigenvalue weighted by molar-refractivity contribution is -0.156. The third-order valence-electron chi connectivity index (χ3n) is 4.65. The van der Waals surface area contributed by atoms with Gasteiger partial charge in [0.2, 0.25) is 0 Å².